The number of rotatable bonds is 5. The highest BCUT2D eigenvalue weighted by Crippen LogP contribution is 2.24. The highest BCUT2D eigenvalue weighted by Gasteiger charge is 2.34. The van der Waals surface area contributed by atoms with E-state index in [2.05, 4.69) is 4.90 Å². The lowest BCUT2D eigenvalue weighted by Crippen LogP contribution is -2.51. The summed E-state index contributed by atoms with van der Waals surface area (Å²) in [4.78, 5) is 12.9. The maximum Gasteiger partial charge on any atom is 0.306 e. The molecule has 1 aliphatic rings. The summed E-state index contributed by atoms with van der Waals surface area (Å²) < 4.78 is 26.1. The van der Waals surface area contributed by atoms with E-state index >= 15 is 0 Å². The van der Waals surface area contributed by atoms with Gasteiger partial charge in [0.1, 0.15) is 11.6 Å². The van der Waals surface area contributed by atoms with Crippen molar-refractivity contribution in [1.29, 1.82) is 0 Å². The molecule has 0 aromatic heterocycles. The first kappa shape index (κ1) is 13.9. The Hall–Kier alpha value is -1.49. The zero-order valence-corrected chi connectivity index (χ0v) is 10.8. The van der Waals surface area contributed by atoms with Crippen LogP contribution < -0.4 is 0 Å². The molecule has 1 aromatic rings. The minimum Gasteiger partial charge on any atom is -0.481 e. The minimum absolute atomic E-state index is 0.176. The van der Waals surface area contributed by atoms with Crippen LogP contribution in [0, 0.1) is 23.5 Å². The van der Waals surface area contributed by atoms with Gasteiger partial charge in [0, 0.05) is 25.7 Å². The van der Waals surface area contributed by atoms with Crippen molar-refractivity contribution in [3.63, 3.8) is 0 Å². The second-order valence-corrected chi connectivity index (χ2v) is 5.13. The molecule has 2 rings (SSSR count). The number of benzene rings is 1. The van der Waals surface area contributed by atoms with E-state index in [1.807, 2.05) is 0 Å². The first-order valence-corrected chi connectivity index (χ1v) is 6.36. The van der Waals surface area contributed by atoms with E-state index < -0.39 is 17.6 Å². The van der Waals surface area contributed by atoms with Crippen LogP contribution in [0.4, 0.5) is 8.78 Å². The van der Waals surface area contributed by atoms with Gasteiger partial charge in [-0.25, -0.2) is 8.78 Å². The third-order valence-corrected chi connectivity index (χ3v) is 3.79. The molecule has 0 saturated carbocycles. The van der Waals surface area contributed by atoms with Gasteiger partial charge in [-0.2, -0.15) is 0 Å². The molecule has 0 radical (unpaired) electrons. The zero-order valence-electron chi connectivity index (χ0n) is 10.8. The van der Waals surface area contributed by atoms with E-state index in [1.54, 1.807) is 6.92 Å². The minimum atomic E-state index is -0.769. The number of carboxylic acid groups (broad SMARTS) is 1. The number of hydrogen-bond donors (Lipinski definition) is 1. The van der Waals surface area contributed by atoms with Gasteiger partial charge in [-0.05, 0) is 24.0 Å². The molecule has 0 spiro atoms. The Balaban J connectivity index is 1.78. The van der Waals surface area contributed by atoms with Crippen LogP contribution in [0.25, 0.3) is 0 Å². The maximum atomic E-state index is 13.4. The van der Waals surface area contributed by atoms with Crippen LogP contribution in [-0.4, -0.2) is 35.6 Å². The number of halogens is 2. The average molecular weight is 269 g/mol. The van der Waals surface area contributed by atoms with Crippen molar-refractivity contribution in [3.8, 4) is 0 Å². The third kappa shape index (κ3) is 3.29. The number of nitrogens with zero attached hydrogens (tertiary/aromatic N) is 1. The van der Waals surface area contributed by atoms with E-state index in [4.69, 9.17) is 5.11 Å². The van der Waals surface area contributed by atoms with Gasteiger partial charge in [0.15, 0.2) is 0 Å². The van der Waals surface area contributed by atoms with Crippen molar-refractivity contribution >= 4 is 5.97 Å². The molecule has 3 nitrogen and oxygen atoms in total. The van der Waals surface area contributed by atoms with E-state index in [1.165, 1.54) is 12.1 Å². The van der Waals surface area contributed by atoms with Crippen LogP contribution in [0.2, 0.25) is 0 Å². The van der Waals surface area contributed by atoms with Crippen molar-refractivity contribution < 1.29 is 18.7 Å². The van der Waals surface area contributed by atoms with Gasteiger partial charge >= 0.3 is 5.97 Å². The summed E-state index contributed by atoms with van der Waals surface area (Å²) in [5.41, 5.74) is 0.496. The monoisotopic (exact) mass is 269 g/mol. The molecule has 5 heteroatoms. The quantitative estimate of drug-likeness (QED) is 0.890. The molecule has 0 bridgehead atoms. The van der Waals surface area contributed by atoms with Crippen molar-refractivity contribution in [2.24, 2.45) is 11.8 Å². The second-order valence-electron chi connectivity index (χ2n) is 5.13. The Morgan fingerprint density at radius 2 is 2.16 bits per heavy atom. The fourth-order valence-corrected chi connectivity index (χ4v) is 2.31. The second kappa shape index (κ2) is 5.65. The summed E-state index contributed by atoms with van der Waals surface area (Å²) in [5, 5.41) is 8.87. The van der Waals surface area contributed by atoms with Crippen LogP contribution in [0.15, 0.2) is 18.2 Å². The van der Waals surface area contributed by atoms with Crippen molar-refractivity contribution in [2.75, 3.05) is 19.6 Å². The summed E-state index contributed by atoms with van der Waals surface area (Å²) in [6.45, 7) is 3.85. The maximum absolute atomic E-state index is 13.4. The Bertz CT molecular complexity index is 473. The number of likely N-dealkylation sites (tertiary alicyclic amines) is 1. The normalized spacial score (nSPS) is 18.1. The topological polar surface area (TPSA) is 40.5 Å². The fourth-order valence-electron chi connectivity index (χ4n) is 2.31. The standard InChI is InChI=1S/C14H17F2NO2/c1-9(14(18)19)11-7-17(8-11)5-4-10-2-3-12(15)6-13(10)16/h2-3,6,9,11H,4-5,7-8H2,1H3,(H,18,19). The molecule has 1 heterocycles. The van der Waals surface area contributed by atoms with E-state index in [0.29, 0.717) is 18.5 Å². The Kier molecular flexibility index (Phi) is 4.14. The van der Waals surface area contributed by atoms with Crippen LogP contribution >= 0.6 is 0 Å². The van der Waals surface area contributed by atoms with Crippen LogP contribution in [0.5, 0.6) is 0 Å². The van der Waals surface area contributed by atoms with Gasteiger partial charge in [-0.3, -0.25) is 4.79 Å². The van der Waals surface area contributed by atoms with Crippen molar-refractivity contribution in [2.45, 2.75) is 13.3 Å². The first-order valence-electron chi connectivity index (χ1n) is 6.36. The molecular formula is C14H17F2NO2. The lowest BCUT2D eigenvalue weighted by molar-refractivity contribution is -0.145. The number of carbonyl (C=O) groups is 1. The van der Waals surface area contributed by atoms with Gasteiger partial charge in [-0.15, -0.1) is 0 Å². The van der Waals surface area contributed by atoms with Gasteiger partial charge in [0.25, 0.3) is 0 Å². The molecule has 1 unspecified atom stereocenters. The summed E-state index contributed by atoms with van der Waals surface area (Å²) >= 11 is 0. The van der Waals surface area contributed by atoms with Crippen molar-refractivity contribution in [3.05, 3.63) is 35.4 Å². The van der Waals surface area contributed by atoms with Gasteiger partial charge < -0.3 is 10.0 Å². The highest BCUT2D eigenvalue weighted by atomic mass is 19.1. The molecular weight excluding hydrogens is 252 g/mol. The molecule has 0 aliphatic carbocycles. The lowest BCUT2D eigenvalue weighted by atomic mass is 9.87. The molecule has 19 heavy (non-hydrogen) atoms. The zero-order chi connectivity index (χ0) is 14.0. The lowest BCUT2D eigenvalue weighted by Gasteiger charge is -2.41. The molecule has 1 fully saturated rings. The smallest absolute Gasteiger partial charge is 0.306 e. The van der Waals surface area contributed by atoms with E-state index in [-0.39, 0.29) is 11.8 Å². The summed E-state index contributed by atoms with van der Waals surface area (Å²) in [6.07, 6.45) is 0.514. The highest BCUT2D eigenvalue weighted by molar-refractivity contribution is 5.70. The van der Waals surface area contributed by atoms with Crippen molar-refractivity contribution in [1.82, 2.24) is 4.90 Å². The van der Waals surface area contributed by atoms with Gasteiger partial charge in [-0.1, -0.05) is 13.0 Å². The predicted molar refractivity (Wildman–Crippen MR) is 66.8 cm³/mol. The third-order valence-electron chi connectivity index (χ3n) is 3.79. The largest absolute Gasteiger partial charge is 0.481 e. The molecule has 1 aliphatic heterocycles. The van der Waals surface area contributed by atoms with Crippen LogP contribution in [0.1, 0.15) is 12.5 Å². The van der Waals surface area contributed by atoms with Crippen LogP contribution in [-0.2, 0) is 11.2 Å². The Labute approximate surface area is 110 Å². The van der Waals surface area contributed by atoms with Gasteiger partial charge in [0.2, 0.25) is 0 Å². The number of aliphatic carboxylic acids is 1. The predicted octanol–water partition coefficient (Wildman–Crippen LogP) is 2.16. The molecule has 1 atom stereocenters. The Morgan fingerprint density at radius 1 is 1.47 bits per heavy atom. The SMILES string of the molecule is CC(C(=O)O)C1CN(CCc2ccc(F)cc2F)C1. The average Bonchev–Trinajstić information content (AvgIpc) is 2.28. The van der Waals surface area contributed by atoms with Crippen LogP contribution in [0.3, 0.4) is 0 Å². The molecule has 1 aromatic carbocycles. The molecule has 0 amide bonds. The molecule has 1 saturated heterocycles. The fraction of sp³-hybridized carbons (Fsp3) is 0.500. The number of carboxylic acids is 1. The molecule has 104 valence electrons. The van der Waals surface area contributed by atoms with E-state index in [0.717, 1.165) is 19.2 Å². The van der Waals surface area contributed by atoms with Gasteiger partial charge in [0.05, 0.1) is 5.92 Å². The summed E-state index contributed by atoms with van der Waals surface area (Å²) in [6, 6.07) is 3.60. The first-order chi connectivity index (χ1) is 8.97. The summed E-state index contributed by atoms with van der Waals surface area (Å²) in [5.74, 6) is -2.01. The molecule has 1 N–H and O–H groups in total. The number of hydrogen-bond acceptors (Lipinski definition) is 2. The Morgan fingerprint density at radius 3 is 2.74 bits per heavy atom. The summed E-state index contributed by atoms with van der Waals surface area (Å²) in [7, 11) is 0. The van der Waals surface area contributed by atoms with E-state index in [9.17, 15) is 13.6 Å².